The molecule has 2 heterocycles. The molecule has 1 saturated carbocycles. The molecule has 1 aromatic heterocycles. The van der Waals surface area contributed by atoms with Gasteiger partial charge < -0.3 is 9.88 Å². The fourth-order valence-electron chi connectivity index (χ4n) is 5.18. The number of hydrogen-bond acceptors (Lipinski definition) is 2. The number of aromatic nitrogens is 1. The maximum absolute atomic E-state index is 12.5. The van der Waals surface area contributed by atoms with Crippen molar-refractivity contribution < 1.29 is 0 Å². The highest BCUT2D eigenvalue weighted by Gasteiger charge is 2.30. The average Bonchev–Trinajstić information content (AvgIpc) is 2.68. The van der Waals surface area contributed by atoms with Crippen LogP contribution in [0, 0.1) is 11.8 Å². The van der Waals surface area contributed by atoms with Gasteiger partial charge in [-0.3, -0.25) is 4.79 Å². The summed E-state index contributed by atoms with van der Waals surface area (Å²) in [7, 11) is 0. The number of piperidine rings is 1. The number of para-hydroxylation sites is 1. The molecule has 3 heteroatoms. The first-order valence-corrected chi connectivity index (χ1v) is 10.5. The molecular weight excluding hydrogens is 320 g/mol. The summed E-state index contributed by atoms with van der Waals surface area (Å²) in [5.41, 5.74) is 2.05. The SMILES string of the molecule is CC(C)C1CCC(N2CCC(c3cc4ccccc4[nH]c3=O)CC2)CC1. The lowest BCUT2D eigenvalue weighted by Gasteiger charge is -2.41. The summed E-state index contributed by atoms with van der Waals surface area (Å²) in [6.45, 7) is 7.04. The van der Waals surface area contributed by atoms with E-state index in [1.807, 2.05) is 18.2 Å². The normalized spacial score (nSPS) is 25.8. The quantitative estimate of drug-likeness (QED) is 0.851. The van der Waals surface area contributed by atoms with Crippen LogP contribution in [0.25, 0.3) is 10.9 Å². The highest BCUT2D eigenvalue weighted by Crippen LogP contribution is 2.35. The van der Waals surface area contributed by atoms with Crippen LogP contribution in [0.1, 0.15) is 63.9 Å². The second-order valence-corrected chi connectivity index (χ2v) is 8.76. The molecule has 1 saturated heterocycles. The Morgan fingerprint density at radius 1 is 1.00 bits per heavy atom. The average molecular weight is 353 g/mol. The van der Waals surface area contributed by atoms with Crippen molar-refractivity contribution in [2.24, 2.45) is 11.8 Å². The minimum absolute atomic E-state index is 0.111. The van der Waals surface area contributed by atoms with Crippen LogP contribution in [0.3, 0.4) is 0 Å². The molecule has 2 aromatic rings. The molecule has 0 bridgehead atoms. The van der Waals surface area contributed by atoms with Crippen LogP contribution in [-0.4, -0.2) is 29.0 Å². The summed E-state index contributed by atoms with van der Waals surface area (Å²) in [5, 5.41) is 1.15. The van der Waals surface area contributed by atoms with Crippen molar-refractivity contribution in [1.82, 2.24) is 9.88 Å². The predicted octanol–water partition coefficient (Wildman–Crippen LogP) is 4.92. The van der Waals surface area contributed by atoms with Gasteiger partial charge in [-0.2, -0.15) is 0 Å². The largest absolute Gasteiger partial charge is 0.322 e. The highest BCUT2D eigenvalue weighted by molar-refractivity contribution is 5.78. The van der Waals surface area contributed by atoms with Gasteiger partial charge >= 0.3 is 0 Å². The first-order valence-electron chi connectivity index (χ1n) is 10.5. The number of rotatable bonds is 3. The first-order chi connectivity index (χ1) is 12.6. The molecule has 1 N–H and O–H groups in total. The molecule has 1 aliphatic carbocycles. The number of fused-ring (bicyclic) bond motifs is 1. The van der Waals surface area contributed by atoms with Gasteiger partial charge in [-0.1, -0.05) is 32.0 Å². The first kappa shape index (κ1) is 17.8. The van der Waals surface area contributed by atoms with E-state index in [4.69, 9.17) is 0 Å². The third-order valence-electron chi connectivity index (χ3n) is 6.95. The molecule has 4 rings (SSSR count). The van der Waals surface area contributed by atoms with Crippen molar-refractivity contribution in [1.29, 1.82) is 0 Å². The fraction of sp³-hybridized carbons (Fsp3) is 0.609. The Morgan fingerprint density at radius 2 is 1.69 bits per heavy atom. The van der Waals surface area contributed by atoms with Crippen molar-refractivity contribution in [3.8, 4) is 0 Å². The molecular formula is C23H32N2O. The Hall–Kier alpha value is -1.61. The van der Waals surface area contributed by atoms with Gasteiger partial charge in [0.15, 0.2) is 0 Å². The van der Waals surface area contributed by atoms with E-state index in [9.17, 15) is 4.79 Å². The van der Waals surface area contributed by atoms with E-state index in [2.05, 4.69) is 35.9 Å². The Bertz CT molecular complexity index is 793. The summed E-state index contributed by atoms with van der Waals surface area (Å²) in [6.07, 6.45) is 7.75. The van der Waals surface area contributed by atoms with E-state index in [1.54, 1.807) is 0 Å². The molecule has 2 fully saturated rings. The van der Waals surface area contributed by atoms with E-state index in [1.165, 1.54) is 25.7 Å². The third-order valence-corrected chi connectivity index (χ3v) is 6.95. The highest BCUT2D eigenvalue weighted by atomic mass is 16.1. The lowest BCUT2D eigenvalue weighted by Crippen LogP contribution is -2.43. The summed E-state index contributed by atoms with van der Waals surface area (Å²) < 4.78 is 0. The van der Waals surface area contributed by atoms with Gasteiger partial charge in [0, 0.05) is 17.1 Å². The van der Waals surface area contributed by atoms with Crippen molar-refractivity contribution in [3.05, 3.63) is 46.2 Å². The van der Waals surface area contributed by atoms with Gasteiger partial charge in [-0.25, -0.2) is 0 Å². The van der Waals surface area contributed by atoms with Gasteiger partial charge in [0.25, 0.3) is 5.56 Å². The van der Waals surface area contributed by atoms with Gasteiger partial charge in [-0.05, 0) is 86.9 Å². The van der Waals surface area contributed by atoms with Crippen LogP contribution in [-0.2, 0) is 0 Å². The monoisotopic (exact) mass is 352 g/mol. The molecule has 2 aliphatic rings. The molecule has 0 spiro atoms. The molecule has 0 amide bonds. The number of pyridine rings is 1. The molecule has 0 atom stereocenters. The summed E-state index contributed by atoms with van der Waals surface area (Å²) in [4.78, 5) is 18.3. The zero-order valence-electron chi connectivity index (χ0n) is 16.2. The maximum atomic E-state index is 12.5. The van der Waals surface area contributed by atoms with E-state index < -0.39 is 0 Å². The van der Waals surface area contributed by atoms with E-state index in [0.717, 1.165) is 60.3 Å². The molecule has 1 aliphatic heterocycles. The van der Waals surface area contributed by atoms with Crippen molar-refractivity contribution in [3.63, 3.8) is 0 Å². The Balaban J connectivity index is 1.40. The summed E-state index contributed by atoms with van der Waals surface area (Å²) in [6, 6.07) is 11.0. The molecule has 0 radical (unpaired) electrons. The zero-order valence-corrected chi connectivity index (χ0v) is 16.2. The molecule has 3 nitrogen and oxygen atoms in total. The number of nitrogens with one attached hydrogen (secondary N) is 1. The van der Waals surface area contributed by atoms with E-state index >= 15 is 0 Å². The van der Waals surface area contributed by atoms with Gasteiger partial charge in [0.05, 0.1) is 0 Å². The van der Waals surface area contributed by atoms with Crippen molar-refractivity contribution in [2.45, 2.75) is 64.3 Å². The number of likely N-dealkylation sites (tertiary alicyclic amines) is 1. The lowest BCUT2D eigenvalue weighted by molar-refractivity contribution is 0.0981. The minimum Gasteiger partial charge on any atom is -0.322 e. The standard InChI is InChI=1S/C23H32N2O/c1-16(2)17-7-9-20(10-8-17)25-13-11-18(12-14-25)21-15-19-5-3-4-6-22(19)24-23(21)26/h3-6,15-18,20H,7-14H2,1-2H3,(H,24,26). The van der Waals surface area contributed by atoms with Gasteiger partial charge in [0.1, 0.15) is 0 Å². The zero-order chi connectivity index (χ0) is 18.1. The number of nitrogens with zero attached hydrogens (tertiary/aromatic N) is 1. The molecule has 140 valence electrons. The second-order valence-electron chi connectivity index (χ2n) is 8.76. The third kappa shape index (κ3) is 3.59. The van der Waals surface area contributed by atoms with Gasteiger partial charge in [0.2, 0.25) is 0 Å². The van der Waals surface area contributed by atoms with Crippen LogP contribution < -0.4 is 5.56 Å². The number of hydrogen-bond donors (Lipinski definition) is 1. The fourth-order valence-corrected chi connectivity index (χ4v) is 5.18. The summed E-state index contributed by atoms with van der Waals surface area (Å²) in [5.74, 6) is 2.17. The Labute approximate surface area is 156 Å². The minimum atomic E-state index is 0.111. The topological polar surface area (TPSA) is 36.1 Å². The smallest absolute Gasteiger partial charge is 0.251 e. The Kier molecular flexibility index (Phi) is 5.17. The molecule has 1 aromatic carbocycles. The number of H-pyrrole nitrogens is 1. The van der Waals surface area contributed by atoms with Crippen molar-refractivity contribution >= 4 is 10.9 Å². The van der Waals surface area contributed by atoms with Crippen LogP contribution in [0.2, 0.25) is 0 Å². The maximum Gasteiger partial charge on any atom is 0.251 e. The number of benzene rings is 1. The molecule has 0 unspecified atom stereocenters. The van der Waals surface area contributed by atoms with Gasteiger partial charge in [-0.15, -0.1) is 0 Å². The number of aromatic amines is 1. The predicted molar refractivity (Wildman–Crippen MR) is 109 cm³/mol. The van der Waals surface area contributed by atoms with Crippen molar-refractivity contribution in [2.75, 3.05) is 13.1 Å². The van der Waals surface area contributed by atoms with Crippen LogP contribution in [0.4, 0.5) is 0 Å². The van der Waals surface area contributed by atoms with E-state index in [-0.39, 0.29) is 5.56 Å². The van der Waals surface area contributed by atoms with E-state index in [0.29, 0.717) is 5.92 Å². The molecule has 26 heavy (non-hydrogen) atoms. The van der Waals surface area contributed by atoms with Crippen LogP contribution >= 0.6 is 0 Å². The second kappa shape index (κ2) is 7.56. The Morgan fingerprint density at radius 3 is 2.38 bits per heavy atom. The van der Waals surface area contributed by atoms with Crippen LogP contribution in [0.15, 0.2) is 35.1 Å². The summed E-state index contributed by atoms with van der Waals surface area (Å²) >= 11 is 0. The van der Waals surface area contributed by atoms with Crippen LogP contribution in [0.5, 0.6) is 0 Å². The lowest BCUT2D eigenvalue weighted by atomic mass is 9.78.